The van der Waals surface area contributed by atoms with Gasteiger partial charge in [0.05, 0.1) is 4.92 Å². The fraction of sp³-hybridized carbons (Fsp3) is 0.0556. The molecular weight excluding hydrogens is 310 g/mol. The molecule has 0 aliphatic rings. The molecule has 0 unspecified atom stereocenters. The Morgan fingerprint density at radius 1 is 1.04 bits per heavy atom. The number of non-ortho nitro benzene ring substituents is 1. The van der Waals surface area contributed by atoms with E-state index in [0.29, 0.717) is 5.56 Å². The number of fused-ring (bicyclic) bond motifs is 1. The van der Waals surface area contributed by atoms with Crippen molar-refractivity contribution in [1.82, 2.24) is 0 Å². The number of phenolic OH excluding ortho intramolecular Hbond substituents is 1. The molecule has 6 nitrogen and oxygen atoms in total. The van der Waals surface area contributed by atoms with Crippen LogP contribution in [0.2, 0.25) is 0 Å². The quantitative estimate of drug-likeness (QED) is 0.448. The maximum absolute atomic E-state index is 12.2. The largest absolute Gasteiger partial charge is 0.507 e. The first kappa shape index (κ1) is 15.5. The van der Waals surface area contributed by atoms with Gasteiger partial charge in [-0.2, -0.15) is 0 Å². The molecule has 1 N–H and O–H groups in total. The van der Waals surface area contributed by atoms with Gasteiger partial charge in [0.1, 0.15) is 17.9 Å². The highest BCUT2D eigenvalue weighted by Gasteiger charge is 2.15. The summed E-state index contributed by atoms with van der Waals surface area (Å²) in [4.78, 5) is 22.4. The highest BCUT2D eigenvalue weighted by Crippen LogP contribution is 2.26. The lowest BCUT2D eigenvalue weighted by molar-refractivity contribution is -0.384. The smallest absolute Gasteiger partial charge is 0.342 e. The van der Waals surface area contributed by atoms with E-state index in [9.17, 15) is 20.0 Å². The Morgan fingerprint density at radius 3 is 2.46 bits per heavy atom. The van der Waals surface area contributed by atoms with Crippen LogP contribution in [-0.4, -0.2) is 16.0 Å². The SMILES string of the molecule is O=C(OCc1cccc([N+](=O)[O-])c1)c1cc2ccccc2cc1O. The minimum absolute atomic E-state index is 0.0548. The number of rotatable bonds is 4. The zero-order chi connectivity index (χ0) is 17.1. The second-order valence-electron chi connectivity index (χ2n) is 5.22. The van der Waals surface area contributed by atoms with Crippen molar-refractivity contribution in [3.8, 4) is 5.75 Å². The van der Waals surface area contributed by atoms with Gasteiger partial charge in [-0.3, -0.25) is 10.1 Å². The van der Waals surface area contributed by atoms with E-state index < -0.39 is 10.9 Å². The zero-order valence-electron chi connectivity index (χ0n) is 12.5. The minimum atomic E-state index is -0.690. The van der Waals surface area contributed by atoms with Gasteiger partial charge in [0.25, 0.3) is 5.69 Å². The molecule has 24 heavy (non-hydrogen) atoms. The van der Waals surface area contributed by atoms with Gasteiger partial charge in [0.15, 0.2) is 0 Å². The number of nitro groups is 1. The van der Waals surface area contributed by atoms with E-state index in [-0.39, 0.29) is 23.6 Å². The van der Waals surface area contributed by atoms with Crippen molar-refractivity contribution in [2.45, 2.75) is 6.61 Å². The molecule has 0 atom stereocenters. The van der Waals surface area contributed by atoms with Crippen LogP contribution < -0.4 is 0 Å². The van der Waals surface area contributed by atoms with E-state index in [1.54, 1.807) is 12.1 Å². The van der Waals surface area contributed by atoms with Crippen LogP contribution in [0.4, 0.5) is 5.69 Å². The number of nitro benzene ring substituents is 1. The number of esters is 1. The summed E-state index contributed by atoms with van der Waals surface area (Å²) in [5.41, 5.74) is 0.481. The minimum Gasteiger partial charge on any atom is -0.507 e. The summed E-state index contributed by atoms with van der Waals surface area (Å²) < 4.78 is 5.16. The fourth-order valence-corrected chi connectivity index (χ4v) is 2.38. The summed E-state index contributed by atoms with van der Waals surface area (Å²) in [7, 11) is 0. The summed E-state index contributed by atoms with van der Waals surface area (Å²) in [6.45, 7) is -0.118. The summed E-state index contributed by atoms with van der Waals surface area (Å²) in [6.07, 6.45) is 0. The Labute approximate surface area is 137 Å². The number of benzene rings is 3. The highest BCUT2D eigenvalue weighted by atomic mass is 16.6. The van der Waals surface area contributed by atoms with Crippen LogP contribution in [-0.2, 0) is 11.3 Å². The molecule has 3 aromatic carbocycles. The number of hydrogen-bond acceptors (Lipinski definition) is 5. The number of ether oxygens (including phenoxy) is 1. The number of phenols is 1. The van der Waals surface area contributed by atoms with Crippen molar-refractivity contribution >= 4 is 22.4 Å². The van der Waals surface area contributed by atoms with Crippen LogP contribution in [0.5, 0.6) is 5.75 Å². The van der Waals surface area contributed by atoms with E-state index in [0.717, 1.165) is 10.8 Å². The predicted octanol–water partition coefficient (Wildman–Crippen LogP) is 3.81. The van der Waals surface area contributed by atoms with Crippen molar-refractivity contribution in [2.75, 3.05) is 0 Å². The standard InChI is InChI=1S/C18H13NO5/c20-17-10-14-6-2-1-5-13(14)9-16(17)18(21)24-11-12-4-3-7-15(8-12)19(22)23/h1-10,20H,11H2. The normalized spacial score (nSPS) is 10.5. The van der Waals surface area contributed by atoms with Gasteiger partial charge in [-0.15, -0.1) is 0 Å². The van der Waals surface area contributed by atoms with Crippen molar-refractivity contribution < 1.29 is 19.6 Å². The Morgan fingerprint density at radius 2 is 1.75 bits per heavy atom. The summed E-state index contributed by atoms with van der Waals surface area (Å²) in [5, 5.41) is 22.4. The average molecular weight is 323 g/mol. The molecular formula is C18H13NO5. The molecule has 0 bridgehead atoms. The molecule has 3 rings (SSSR count). The molecule has 0 saturated carbocycles. The average Bonchev–Trinajstić information content (AvgIpc) is 2.59. The summed E-state index contributed by atoms with van der Waals surface area (Å²) in [5.74, 6) is -0.859. The van der Waals surface area contributed by atoms with Crippen LogP contribution >= 0.6 is 0 Å². The molecule has 120 valence electrons. The second kappa shape index (κ2) is 6.37. The molecule has 0 aliphatic carbocycles. The zero-order valence-corrected chi connectivity index (χ0v) is 12.5. The Kier molecular flexibility index (Phi) is 4.11. The van der Waals surface area contributed by atoms with E-state index >= 15 is 0 Å². The lowest BCUT2D eigenvalue weighted by Gasteiger charge is -2.08. The molecule has 3 aromatic rings. The van der Waals surface area contributed by atoms with Crippen molar-refractivity contribution in [2.24, 2.45) is 0 Å². The third-order valence-corrected chi connectivity index (χ3v) is 3.58. The van der Waals surface area contributed by atoms with Crippen LogP contribution in [0, 0.1) is 10.1 Å². The first-order valence-electron chi connectivity index (χ1n) is 7.17. The van der Waals surface area contributed by atoms with Crippen LogP contribution in [0.25, 0.3) is 10.8 Å². The Balaban J connectivity index is 1.79. The van der Waals surface area contributed by atoms with Crippen molar-refractivity contribution in [3.63, 3.8) is 0 Å². The van der Waals surface area contributed by atoms with E-state index in [2.05, 4.69) is 0 Å². The van der Waals surface area contributed by atoms with Gasteiger partial charge < -0.3 is 9.84 Å². The second-order valence-corrected chi connectivity index (χ2v) is 5.22. The van der Waals surface area contributed by atoms with E-state index in [4.69, 9.17) is 4.74 Å². The molecule has 0 spiro atoms. The molecule has 0 aliphatic heterocycles. The number of aromatic hydroxyl groups is 1. The number of nitrogens with zero attached hydrogens (tertiary/aromatic N) is 1. The lowest BCUT2D eigenvalue weighted by atomic mass is 10.1. The fourth-order valence-electron chi connectivity index (χ4n) is 2.38. The molecule has 0 saturated heterocycles. The monoisotopic (exact) mass is 323 g/mol. The topological polar surface area (TPSA) is 89.7 Å². The number of hydrogen-bond donors (Lipinski definition) is 1. The van der Waals surface area contributed by atoms with E-state index in [1.807, 2.05) is 24.3 Å². The van der Waals surface area contributed by atoms with Gasteiger partial charge in [-0.1, -0.05) is 36.4 Å². The molecule has 6 heteroatoms. The maximum Gasteiger partial charge on any atom is 0.342 e. The Bertz CT molecular complexity index is 936. The highest BCUT2D eigenvalue weighted by molar-refractivity contribution is 5.98. The van der Waals surface area contributed by atoms with Gasteiger partial charge >= 0.3 is 5.97 Å². The lowest BCUT2D eigenvalue weighted by Crippen LogP contribution is -2.06. The number of carbonyl (C=O) groups is 1. The van der Waals surface area contributed by atoms with Crippen LogP contribution in [0.1, 0.15) is 15.9 Å². The summed E-state index contributed by atoms with van der Waals surface area (Å²) in [6, 6.07) is 16.2. The third kappa shape index (κ3) is 3.17. The van der Waals surface area contributed by atoms with Crippen LogP contribution in [0.3, 0.4) is 0 Å². The molecule has 0 aromatic heterocycles. The molecule has 0 heterocycles. The maximum atomic E-state index is 12.2. The van der Waals surface area contributed by atoms with E-state index in [1.165, 1.54) is 24.3 Å². The Hall–Kier alpha value is -3.41. The first-order chi connectivity index (χ1) is 11.5. The van der Waals surface area contributed by atoms with Gasteiger partial charge in [-0.05, 0) is 28.5 Å². The van der Waals surface area contributed by atoms with Crippen molar-refractivity contribution in [3.05, 3.63) is 81.9 Å². The first-order valence-corrected chi connectivity index (χ1v) is 7.17. The molecule has 0 fully saturated rings. The third-order valence-electron chi connectivity index (χ3n) is 3.58. The summed E-state index contributed by atoms with van der Waals surface area (Å²) >= 11 is 0. The number of carbonyl (C=O) groups excluding carboxylic acids is 1. The van der Waals surface area contributed by atoms with Gasteiger partial charge in [0, 0.05) is 12.1 Å². The molecule has 0 radical (unpaired) electrons. The van der Waals surface area contributed by atoms with Gasteiger partial charge in [-0.25, -0.2) is 4.79 Å². The van der Waals surface area contributed by atoms with Crippen LogP contribution in [0.15, 0.2) is 60.7 Å². The molecule has 0 amide bonds. The van der Waals surface area contributed by atoms with Crippen molar-refractivity contribution in [1.29, 1.82) is 0 Å². The predicted molar refractivity (Wildman–Crippen MR) is 87.8 cm³/mol. The van der Waals surface area contributed by atoms with Gasteiger partial charge in [0.2, 0.25) is 0 Å².